The lowest BCUT2D eigenvalue weighted by Gasteiger charge is -2.22. The van der Waals surface area contributed by atoms with E-state index < -0.39 is 24.4 Å². The molecule has 18 heavy (non-hydrogen) atoms. The molecule has 1 heterocycles. The Hall–Kier alpha value is -1.70. The Morgan fingerprint density at radius 1 is 1.39 bits per heavy atom. The van der Waals surface area contributed by atoms with Crippen LogP contribution in [0.5, 0.6) is 0 Å². The fourth-order valence-electron chi connectivity index (χ4n) is 1.29. The maximum atomic E-state index is 12.6. The van der Waals surface area contributed by atoms with Gasteiger partial charge in [-0.25, -0.2) is 9.37 Å². The van der Waals surface area contributed by atoms with Crippen LogP contribution in [0.2, 0.25) is 0 Å². The van der Waals surface area contributed by atoms with Crippen molar-refractivity contribution in [1.29, 1.82) is 0 Å². The van der Waals surface area contributed by atoms with Crippen molar-refractivity contribution in [2.45, 2.75) is 6.18 Å². The summed E-state index contributed by atoms with van der Waals surface area (Å²) in [6, 6.07) is 1.98. The predicted octanol–water partition coefficient (Wildman–Crippen LogP) is 1.18. The van der Waals surface area contributed by atoms with Crippen LogP contribution in [0.1, 0.15) is 10.5 Å². The topological polar surface area (TPSA) is 59.2 Å². The minimum Gasteiger partial charge on any atom is -0.329 e. The number of nitrogens with two attached hydrogens (primary N) is 1. The monoisotopic (exact) mass is 265 g/mol. The van der Waals surface area contributed by atoms with E-state index in [0.29, 0.717) is 4.90 Å². The minimum atomic E-state index is -4.52. The fourth-order valence-corrected chi connectivity index (χ4v) is 1.29. The normalized spacial score (nSPS) is 11.4. The molecular formula is C10H11F4N3O. The van der Waals surface area contributed by atoms with Gasteiger partial charge < -0.3 is 10.6 Å². The zero-order valence-corrected chi connectivity index (χ0v) is 9.25. The Kier molecular flexibility index (Phi) is 4.60. The van der Waals surface area contributed by atoms with Crippen molar-refractivity contribution in [3.8, 4) is 0 Å². The highest BCUT2D eigenvalue weighted by Gasteiger charge is 2.33. The average molecular weight is 265 g/mol. The molecular weight excluding hydrogens is 254 g/mol. The molecule has 1 rings (SSSR count). The van der Waals surface area contributed by atoms with Gasteiger partial charge in [-0.1, -0.05) is 0 Å². The summed E-state index contributed by atoms with van der Waals surface area (Å²) in [5.41, 5.74) is 4.89. The van der Waals surface area contributed by atoms with E-state index in [9.17, 15) is 22.4 Å². The molecule has 1 aromatic rings. The molecule has 1 aromatic heterocycles. The first-order chi connectivity index (χ1) is 8.33. The lowest BCUT2D eigenvalue weighted by atomic mass is 10.3. The molecule has 100 valence electrons. The first-order valence-corrected chi connectivity index (χ1v) is 5.01. The maximum Gasteiger partial charge on any atom is 0.406 e. The van der Waals surface area contributed by atoms with Crippen LogP contribution in [0.25, 0.3) is 0 Å². The smallest absolute Gasteiger partial charge is 0.329 e. The van der Waals surface area contributed by atoms with Gasteiger partial charge in [0.2, 0.25) is 0 Å². The van der Waals surface area contributed by atoms with Crippen LogP contribution in [0.3, 0.4) is 0 Å². The molecule has 0 atom stereocenters. The van der Waals surface area contributed by atoms with Crippen LogP contribution in [0.15, 0.2) is 18.3 Å². The molecule has 0 aliphatic rings. The molecule has 4 nitrogen and oxygen atoms in total. The van der Waals surface area contributed by atoms with Crippen molar-refractivity contribution in [1.82, 2.24) is 9.88 Å². The third-order valence-corrected chi connectivity index (χ3v) is 2.00. The Labute approximate surface area is 100 Å². The van der Waals surface area contributed by atoms with Crippen LogP contribution in [0.4, 0.5) is 17.6 Å². The van der Waals surface area contributed by atoms with Gasteiger partial charge in [0.15, 0.2) is 0 Å². The molecule has 0 unspecified atom stereocenters. The van der Waals surface area contributed by atoms with Gasteiger partial charge in [-0.15, -0.1) is 0 Å². The van der Waals surface area contributed by atoms with Gasteiger partial charge >= 0.3 is 6.18 Å². The van der Waals surface area contributed by atoms with E-state index >= 15 is 0 Å². The largest absolute Gasteiger partial charge is 0.406 e. The number of aromatic nitrogens is 1. The number of carbonyl (C=O) groups is 1. The number of alkyl halides is 3. The van der Waals surface area contributed by atoms with E-state index in [2.05, 4.69) is 4.98 Å². The molecule has 0 spiro atoms. The molecule has 1 amide bonds. The number of carbonyl (C=O) groups excluding carboxylic acids is 1. The maximum absolute atomic E-state index is 12.6. The Balaban J connectivity index is 2.85. The average Bonchev–Trinajstić information content (AvgIpc) is 2.27. The molecule has 0 aliphatic heterocycles. The Morgan fingerprint density at radius 2 is 2.06 bits per heavy atom. The Bertz CT molecular complexity index is 405. The summed E-state index contributed by atoms with van der Waals surface area (Å²) >= 11 is 0. The van der Waals surface area contributed by atoms with Gasteiger partial charge in [-0.2, -0.15) is 13.2 Å². The van der Waals surface area contributed by atoms with E-state index in [1.165, 1.54) is 0 Å². The van der Waals surface area contributed by atoms with Crippen LogP contribution in [-0.4, -0.2) is 41.6 Å². The van der Waals surface area contributed by atoms with Gasteiger partial charge in [0.1, 0.15) is 18.1 Å². The highest BCUT2D eigenvalue weighted by molar-refractivity contribution is 5.92. The van der Waals surface area contributed by atoms with Crippen molar-refractivity contribution < 1.29 is 22.4 Å². The van der Waals surface area contributed by atoms with Gasteiger partial charge in [0, 0.05) is 13.1 Å². The lowest BCUT2D eigenvalue weighted by molar-refractivity contribution is -0.140. The van der Waals surface area contributed by atoms with Gasteiger partial charge in [-0.3, -0.25) is 4.79 Å². The summed E-state index contributed by atoms with van der Waals surface area (Å²) in [5, 5.41) is 0. The molecule has 0 radical (unpaired) electrons. The number of nitrogens with zero attached hydrogens (tertiary/aromatic N) is 2. The van der Waals surface area contributed by atoms with Gasteiger partial charge in [-0.05, 0) is 12.1 Å². The molecule has 0 bridgehead atoms. The second-order valence-corrected chi connectivity index (χ2v) is 3.49. The quantitative estimate of drug-likeness (QED) is 0.832. The van der Waals surface area contributed by atoms with Crippen LogP contribution in [0, 0.1) is 5.82 Å². The molecule has 0 aromatic carbocycles. The predicted molar refractivity (Wildman–Crippen MR) is 55.2 cm³/mol. The van der Waals surface area contributed by atoms with Crippen LogP contribution < -0.4 is 5.73 Å². The summed E-state index contributed by atoms with van der Waals surface area (Å²) in [4.78, 5) is 15.7. The van der Waals surface area contributed by atoms with E-state index in [-0.39, 0.29) is 18.8 Å². The van der Waals surface area contributed by atoms with E-state index in [0.717, 1.165) is 18.3 Å². The molecule has 8 heteroatoms. The van der Waals surface area contributed by atoms with Crippen LogP contribution >= 0.6 is 0 Å². The third kappa shape index (κ3) is 4.28. The number of rotatable bonds is 4. The highest BCUT2D eigenvalue weighted by atomic mass is 19.4. The second kappa shape index (κ2) is 5.76. The molecule has 0 saturated heterocycles. The first kappa shape index (κ1) is 14.4. The van der Waals surface area contributed by atoms with Crippen molar-refractivity contribution in [3.05, 3.63) is 29.8 Å². The van der Waals surface area contributed by atoms with Gasteiger partial charge in [0.25, 0.3) is 5.91 Å². The zero-order chi connectivity index (χ0) is 13.8. The summed E-state index contributed by atoms with van der Waals surface area (Å²) in [7, 11) is 0. The molecule has 0 saturated carbocycles. The van der Waals surface area contributed by atoms with Crippen LogP contribution in [-0.2, 0) is 0 Å². The standard InChI is InChI=1S/C10H11F4N3O/c11-7-1-2-8(16-5-7)9(18)17(4-3-15)6-10(12,13)14/h1-2,5H,3-4,6,15H2. The summed E-state index contributed by atoms with van der Waals surface area (Å²) in [6.45, 7) is -1.78. The Morgan fingerprint density at radius 3 is 2.50 bits per heavy atom. The zero-order valence-electron chi connectivity index (χ0n) is 9.25. The lowest BCUT2D eigenvalue weighted by Crippen LogP contribution is -2.42. The van der Waals surface area contributed by atoms with E-state index in [4.69, 9.17) is 5.73 Å². The molecule has 2 N–H and O–H groups in total. The SMILES string of the molecule is NCCN(CC(F)(F)F)C(=O)c1ccc(F)cn1. The number of pyridine rings is 1. The first-order valence-electron chi connectivity index (χ1n) is 5.01. The second-order valence-electron chi connectivity index (χ2n) is 3.49. The van der Waals surface area contributed by atoms with Crippen molar-refractivity contribution in [2.75, 3.05) is 19.6 Å². The number of amides is 1. The van der Waals surface area contributed by atoms with E-state index in [1.807, 2.05) is 0 Å². The number of halogens is 4. The van der Waals surface area contributed by atoms with Crippen molar-refractivity contribution >= 4 is 5.91 Å². The van der Waals surface area contributed by atoms with Gasteiger partial charge in [0.05, 0.1) is 6.20 Å². The highest BCUT2D eigenvalue weighted by Crippen LogP contribution is 2.17. The van der Waals surface area contributed by atoms with Crippen molar-refractivity contribution in [3.63, 3.8) is 0 Å². The summed E-state index contributed by atoms with van der Waals surface area (Å²) in [6.07, 6.45) is -3.76. The van der Waals surface area contributed by atoms with E-state index in [1.54, 1.807) is 0 Å². The third-order valence-electron chi connectivity index (χ3n) is 2.00. The fraction of sp³-hybridized carbons (Fsp3) is 0.400. The number of hydrogen-bond donors (Lipinski definition) is 1. The minimum absolute atomic E-state index is 0.108. The van der Waals surface area contributed by atoms with Crippen molar-refractivity contribution in [2.24, 2.45) is 5.73 Å². The summed E-state index contributed by atoms with van der Waals surface area (Å²) < 4.78 is 49.3. The summed E-state index contributed by atoms with van der Waals surface area (Å²) in [5.74, 6) is -1.61. The molecule has 0 fully saturated rings. The number of hydrogen-bond acceptors (Lipinski definition) is 3. The molecule has 0 aliphatic carbocycles.